The summed E-state index contributed by atoms with van der Waals surface area (Å²) >= 11 is 1.75. The Hall–Kier alpha value is -0.490. The molecule has 1 aromatic heterocycles. The molecule has 0 bridgehead atoms. The second-order valence-corrected chi connectivity index (χ2v) is 7.50. The van der Waals surface area contributed by atoms with Crippen LogP contribution in [-0.4, -0.2) is 47.4 Å². The molecule has 0 amide bonds. The van der Waals surface area contributed by atoms with Gasteiger partial charge >= 0.3 is 0 Å². The lowest BCUT2D eigenvalue weighted by molar-refractivity contribution is -0.0827. The summed E-state index contributed by atoms with van der Waals surface area (Å²) in [6, 6.07) is 0. The van der Waals surface area contributed by atoms with E-state index in [-0.39, 0.29) is 5.92 Å². The van der Waals surface area contributed by atoms with Crippen molar-refractivity contribution in [2.24, 2.45) is 5.92 Å². The molecule has 120 valence electrons. The minimum atomic E-state index is -0.571. The fourth-order valence-electron chi connectivity index (χ4n) is 2.89. The molecule has 1 aliphatic rings. The van der Waals surface area contributed by atoms with Crippen molar-refractivity contribution in [1.82, 2.24) is 9.88 Å². The predicted molar refractivity (Wildman–Crippen MR) is 86.7 cm³/mol. The topological polar surface area (TPSA) is 45.6 Å². The van der Waals surface area contributed by atoms with Crippen LogP contribution in [0.5, 0.6) is 0 Å². The number of hydrogen-bond donors (Lipinski definition) is 1. The smallest absolute Gasteiger partial charge is 0.107 e. The summed E-state index contributed by atoms with van der Waals surface area (Å²) in [5.41, 5.74) is 0.620. The highest BCUT2D eigenvalue weighted by Gasteiger charge is 2.38. The van der Waals surface area contributed by atoms with Crippen LogP contribution in [0.15, 0.2) is 5.38 Å². The number of methoxy groups -OCH3 is 1. The minimum absolute atomic E-state index is 0.269. The lowest BCUT2D eigenvalue weighted by Crippen LogP contribution is -2.51. The number of rotatable bonds is 6. The van der Waals surface area contributed by atoms with E-state index < -0.39 is 5.60 Å². The summed E-state index contributed by atoms with van der Waals surface area (Å²) in [5.74, 6) is 0.764. The van der Waals surface area contributed by atoms with E-state index in [1.54, 1.807) is 18.4 Å². The second-order valence-electron chi connectivity index (χ2n) is 6.55. The monoisotopic (exact) mass is 312 g/mol. The van der Waals surface area contributed by atoms with Crippen molar-refractivity contribution < 1.29 is 9.84 Å². The van der Waals surface area contributed by atoms with Crippen LogP contribution in [0, 0.1) is 5.92 Å². The molecule has 2 rings (SSSR count). The van der Waals surface area contributed by atoms with Gasteiger partial charge in [0.05, 0.1) is 17.8 Å². The quantitative estimate of drug-likeness (QED) is 0.877. The number of nitrogens with zero attached hydrogens (tertiary/aromatic N) is 2. The van der Waals surface area contributed by atoms with Crippen LogP contribution in [-0.2, 0) is 11.3 Å². The average Bonchev–Trinajstić information content (AvgIpc) is 2.90. The summed E-state index contributed by atoms with van der Waals surface area (Å²) in [5, 5.41) is 14.1. The van der Waals surface area contributed by atoms with E-state index in [0.717, 1.165) is 32.5 Å². The van der Waals surface area contributed by atoms with E-state index in [9.17, 15) is 5.11 Å². The van der Waals surface area contributed by atoms with Gasteiger partial charge in [0, 0.05) is 32.2 Å². The standard InChI is InChI=1S/C16H28N2O2S/c1-12(2)14-11-21-15(17-14)10-18-7-5-16(19,6-8-20-4)13(3)9-18/h11-13,19H,5-10H2,1-4H3. The van der Waals surface area contributed by atoms with Crippen LogP contribution in [0.2, 0.25) is 0 Å². The molecule has 2 atom stereocenters. The second kappa shape index (κ2) is 7.18. The molecule has 0 radical (unpaired) electrons. The largest absolute Gasteiger partial charge is 0.389 e. The van der Waals surface area contributed by atoms with Gasteiger partial charge in [0.25, 0.3) is 0 Å². The van der Waals surface area contributed by atoms with E-state index in [1.807, 2.05) is 0 Å². The van der Waals surface area contributed by atoms with Crippen LogP contribution in [0.1, 0.15) is 50.2 Å². The van der Waals surface area contributed by atoms with E-state index in [0.29, 0.717) is 12.5 Å². The Balaban J connectivity index is 1.89. The molecule has 0 spiro atoms. The minimum Gasteiger partial charge on any atom is -0.389 e. The maximum Gasteiger partial charge on any atom is 0.107 e. The normalized spacial score (nSPS) is 27.4. The molecule has 0 aliphatic carbocycles. The number of aliphatic hydroxyl groups is 1. The molecular formula is C16H28N2O2S. The Bertz CT molecular complexity index is 449. The number of piperidine rings is 1. The number of ether oxygens (including phenoxy) is 1. The first-order valence-corrected chi connectivity index (χ1v) is 8.70. The maximum absolute atomic E-state index is 10.7. The van der Waals surface area contributed by atoms with Gasteiger partial charge in [-0.05, 0) is 24.7 Å². The van der Waals surface area contributed by atoms with Crippen LogP contribution >= 0.6 is 11.3 Å². The number of likely N-dealkylation sites (tertiary alicyclic amines) is 1. The fourth-order valence-corrected chi connectivity index (χ4v) is 3.89. The van der Waals surface area contributed by atoms with Crippen molar-refractivity contribution in [2.45, 2.75) is 51.7 Å². The summed E-state index contributed by atoms with van der Waals surface area (Å²) < 4.78 is 5.12. The molecule has 1 aromatic rings. The Kier molecular flexibility index (Phi) is 5.77. The van der Waals surface area contributed by atoms with Gasteiger partial charge in [0.1, 0.15) is 5.01 Å². The van der Waals surface area contributed by atoms with E-state index in [2.05, 4.69) is 31.1 Å². The average molecular weight is 312 g/mol. The molecule has 1 aliphatic heterocycles. The van der Waals surface area contributed by atoms with Crippen LogP contribution in [0.4, 0.5) is 0 Å². The molecule has 4 nitrogen and oxygen atoms in total. The number of thiazole rings is 1. The van der Waals surface area contributed by atoms with Crippen LogP contribution in [0.3, 0.4) is 0 Å². The molecule has 0 saturated carbocycles. The first kappa shape index (κ1) is 16.9. The fraction of sp³-hybridized carbons (Fsp3) is 0.812. The third-order valence-electron chi connectivity index (χ3n) is 4.57. The van der Waals surface area contributed by atoms with Gasteiger partial charge in [-0.15, -0.1) is 11.3 Å². The van der Waals surface area contributed by atoms with E-state index in [4.69, 9.17) is 9.72 Å². The van der Waals surface area contributed by atoms with E-state index in [1.165, 1.54) is 10.7 Å². The van der Waals surface area contributed by atoms with Crippen LogP contribution in [0.25, 0.3) is 0 Å². The van der Waals surface area contributed by atoms with Crippen molar-refractivity contribution in [1.29, 1.82) is 0 Å². The molecule has 2 heterocycles. The highest BCUT2D eigenvalue weighted by Crippen LogP contribution is 2.32. The zero-order valence-electron chi connectivity index (χ0n) is 13.6. The van der Waals surface area contributed by atoms with Gasteiger partial charge in [0.15, 0.2) is 0 Å². The molecule has 1 fully saturated rings. The van der Waals surface area contributed by atoms with Crippen molar-refractivity contribution >= 4 is 11.3 Å². The lowest BCUT2D eigenvalue weighted by atomic mass is 9.80. The third kappa shape index (κ3) is 4.25. The Labute approximate surface area is 132 Å². The Morgan fingerprint density at radius 2 is 2.33 bits per heavy atom. The molecule has 21 heavy (non-hydrogen) atoms. The lowest BCUT2D eigenvalue weighted by Gasteiger charge is -2.43. The van der Waals surface area contributed by atoms with Gasteiger partial charge in [0.2, 0.25) is 0 Å². The first-order valence-electron chi connectivity index (χ1n) is 7.82. The molecular weight excluding hydrogens is 284 g/mol. The zero-order valence-corrected chi connectivity index (χ0v) is 14.4. The van der Waals surface area contributed by atoms with Crippen molar-refractivity contribution in [2.75, 3.05) is 26.8 Å². The SMILES string of the molecule is COCCC1(O)CCN(Cc2nc(C(C)C)cs2)CC1C. The van der Waals surface area contributed by atoms with Gasteiger partial charge in [-0.1, -0.05) is 20.8 Å². The molecule has 1 N–H and O–H groups in total. The number of aromatic nitrogens is 1. The molecule has 2 unspecified atom stereocenters. The van der Waals surface area contributed by atoms with Gasteiger partial charge < -0.3 is 9.84 Å². The summed E-state index contributed by atoms with van der Waals surface area (Å²) in [6.07, 6.45) is 1.55. The van der Waals surface area contributed by atoms with E-state index >= 15 is 0 Å². The van der Waals surface area contributed by atoms with Crippen molar-refractivity contribution in [3.63, 3.8) is 0 Å². The van der Waals surface area contributed by atoms with Gasteiger partial charge in [-0.25, -0.2) is 4.98 Å². The summed E-state index contributed by atoms with van der Waals surface area (Å²) in [7, 11) is 1.69. The molecule has 0 aromatic carbocycles. The Morgan fingerprint density at radius 1 is 1.57 bits per heavy atom. The highest BCUT2D eigenvalue weighted by atomic mass is 32.1. The Morgan fingerprint density at radius 3 is 2.90 bits per heavy atom. The zero-order chi connectivity index (χ0) is 15.5. The van der Waals surface area contributed by atoms with Crippen molar-refractivity contribution in [3.05, 3.63) is 16.1 Å². The summed E-state index contributed by atoms with van der Waals surface area (Å²) in [6.45, 7) is 9.89. The maximum atomic E-state index is 10.7. The predicted octanol–water partition coefficient (Wildman–Crippen LogP) is 2.88. The molecule has 1 saturated heterocycles. The summed E-state index contributed by atoms with van der Waals surface area (Å²) in [4.78, 5) is 7.12. The van der Waals surface area contributed by atoms with Gasteiger partial charge in [-0.2, -0.15) is 0 Å². The first-order chi connectivity index (χ1) is 9.94. The van der Waals surface area contributed by atoms with Gasteiger partial charge in [-0.3, -0.25) is 4.90 Å². The van der Waals surface area contributed by atoms with Crippen molar-refractivity contribution in [3.8, 4) is 0 Å². The molecule has 5 heteroatoms. The number of hydrogen-bond acceptors (Lipinski definition) is 5. The third-order valence-corrected chi connectivity index (χ3v) is 5.42. The van der Waals surface area contributed by atoms with Crippen LogP contribution < -0.4 is 0 Å². The highest BCUT2D eigenvalue weighted by molar-refractivity contribution is 7.09.